The van der Waals surface area contributed by atoms with Crippen LogP contribution in [-0.2, 0) is 0 Å². The van der Waals surface area contributed by atoms with Gasteiger partial charge in [-0.25, -0.2) is 0 Å². The molecule has 17 heavy (non-hydrogen) atoms. The molecule has 0 aromatic carbocycles. The smallest absolute Gasteiger partial charge is 0.341 e. The Morgan fingerprint density at radius 1 is 1.00 bits per heavy atom. The van der Waals surface area contributed by atoms with E-state index in [1.165, 1.54) is 0 Å². The molecule has 6 N–H and O–H groups in total. The predicted molar refractivity (Wildman–Crippen MR) is 78.4 cm³/mol. The number of rotatable bonds is 10. The minimum absolute atomic E-state index is 0.000739. The highest BCUT2D eigenvalue weighted by molar-refractivity contribution is 7.64. The Kier molecular flexibility index (Phi) is 10.4. The number of nitrogens with two attached hydrogens (primary N) is 1. The van der Waals surface area contributed by atoms with Crippen LogP contribution in [0.25, 0.3) is 0 Å². The van der Waals surface area contributed by atoms with Gasteiger partial charge in [-0.2, -0.15) is 0 Å². The molecule has 102 valence electrons. The van der Waals surface area contributed by atoms with E-state index in [0.717, 1.165) is 32.6 Å². The molecular formula is C8H20Cl3N5Si. The summed E-state index contributed by atoms with van der Waals surface area (Å²) in [4.78, 5) is 0. The molecule has 0 bridgehead atoms. The van der Waals surface area contributed by atoms with Crippen molar-refractivity contribution in [3.8, 4) is 0 Å². The van der Waals surface area contributed by atoms with Crippen molar-refractivity contribution >= 4 is 45.2 Å². The highest BCUT2D eigenvalue weighted by Crippen LogP contribution is 2.25. The largest absolute Gasteiger partial charge is 0.370 e. The maximum Gasteiger partial charge on any atom is 0.341 e. The molecule has 0 spiro atoms. The normalized spacial score (nSPS) is 11.5. The molecule has 0 atom stereocenters. The van der Waals surface area contributed by atoms with E-state index in [9.17, 15) is 0 Å². The van der Waals surface area contributed by atoms with Crippen molar-refractivity contribution in [1.29, 1.82) is 5.41 Å². The van der Waals surface area contributed by atoms with Crippen LogP contribution in [0.4, 0.5) is 0 Å². The van der Waals surface area contributed by atoms with Crippen molar-refractivity contribution in [2.75, 3.05) is 32.7 Å². The second-order valence-corrected chi connectivity index (χ2v) is 12.8. The van der Waals surface area contributed by atoms with E-state index in [2.05, 4.69) is 16.0 Å². The van der Waals surface area contributed by atoms with Crippen LogP contribution in [0.3, 0.4) is 0 Å². The second kappa shape index (κ2) is 10.2. The Hall–Kier alpha value is 0.277. The molecule has 0 aliphatic rings. The summed E-state index contributed by atoms with van der Waals surface area (Å²) in [5.41, 5.74) is 5.13. The molecule has 0 saturated carbocycles. The second-order valence-electron chi connectivity index (χ2n) is 3.56. The van der Waals surface area contributed by atoms with E-state index < -0.39 is 6.00 Å². The van der Waals surface area contributed by atoms with Gasteiger partial charge >= 0.3 is 6.00 Å². The van der Waals surface area contributed by atoms with Gasteiger partial charge in [-0.1, -0.05) is 0 Å². The minimum Gasteiger partial charge on any atom is -0.370 e. The third-order valence-corrected chi connectivity index (χ3v) is 4.53. The van der Waals surface area contributed by atoms with E-state index in [0.29, 0.717) is 12.6 Å². The third-order valence-electron chi connectivity index (χ3n) is 1.91. The fraction of sp³-hybridized carbons (Fsp3) is 0.875. The maximum atomic E-state index is 6.93. The van der Waals surface area contributed by atoms with Crippen LogP contribution in [-0.4, -0.2) is 44.7 Å². The highest BCUT2D eigenvalue weighted by Gasteiger charge is 2.23. The van der Waals surface area contributed by atoms with Gasteiger partial charge in [-0.3, -0.25) is 5.41 Å². The quantitative estimate of drug-likeness (QED) is 0.135. The summed E-state index contributed by atoms with van der Waals surface area (Å²) >= 11 is 17.3. The molecule has 0 rings (SSSR count). The SMILES string of the molecule is N=C(N)NCCNCCNCCC[Si](Cl)(Cl)Cl. The summed E-state index contributed by atoms with van der Waals surface area (Å²) in [6.45, 7) is 4.05. The van der Waals surface area contributed by atoms with Crippen LogP contribution in [0.15, 0.2) is 0 Å². The Morgan fingerprint density at radius 3 is 2.06 bits per heavy atom. The minimum atomic E-state index is -2.43. The van der Waals surface area contributed by atoms with Gasteiger partial charge in [0.25, 0.3) is 0 Å². The molecule has 0 aromatic heterocycles. The van der Waals surface area contributed by atoms with Gasteiger partial charge in [-0.05, 0) is 19.0 Å². The third kappa shape index (κ3) is 16.3. The lowest BCUT2D eigenvalue weighted by Crippen LogP contribution is -2.37. The zero-order chi connectivity index (χ0) is 13.1. The van der Waals surface area contributed by atoms with Gasteiger partial charge in [0, 0.05) is 26.2 Å². The predicted octanol–water partition coefficient (Wildman–Crippen LogP) is 0.694. The van der Waals surface area contributed by atoms with Crippen LogP contribution < -0.4 is 21.7 Å². The highest BCUT2D eigenvalue weighted by atomic mass is 35.8. The van der Waals surface area contributed by atoms with E-state index in [1.807, 2.05) is 0 Å². The molecular weight excluding hydrogens is 301 g/mol. The molecule has 0 aromatic rings. The summed E-state index contributed by atoms with van der Waals surface area (Å²) < 4.78 is 0. The molecule has 0 unspecified atom stereocenters. The molecule has 0 saturated heterocycles. The lowest BCUT2D eigenvalue weighted by atomic mass is 10.4. The standard InChI is InChI=1S/C8H20Cl3N5Si/c9-17(10,11)7-1-2-14-3-4-15-5-6-16-8(12)13/h14-15H,1-7H2,(H4,12,13,16). The first-order valence-corrected chi connectivity index (χ1v) is 10.7. The van der Waals surface area contributed by atoms with Crippen molar-refractivity contribution < 1.29 is 0 Å². The fourth-order valence-corrected chi connectivity index (χ4v) is 2.91. The molecule has 9 heteroatoms. The van der Waals surface area contributed by atoms with Crippen molar-refractivity contribution in [2.24, 2.45) is 5.73 Å². The zero-order valence-corrected chi connectivity index (χ0v) is 12.9. The molecule has 0 radical (unpaired) electrons. The molecule has 0 amide bonds. The Bertz CT molecular complexity index is 212. The van der Waals surface area contributed by atoms with Gasteiger partial charge in [-0.15, -0.1) is 33.2 Å². The summed E-state index contributed by atoms with van der Waals surface area (Å²) in [7, 11) is 0. The van der Waals surface area contributed by atoms with Crippen molar-refractivity contribution in [2.45, 2.75) is 12.5 Å². The number of hydrogen-bond acceptors (Lipinski definition) is 3. The molecule has 0 aliphatic carbocycles. The molecule has 0 fully saturated rings. The molecule has 5 nitrogen and oxygen atoms in total. The van der Waals surface area contributed by atoms with Gasteiger partial charge < -0.3 is 21.7 Å². The van der Waals surface area contributed by atoms with Gasteiger partial charge in [0.2, 0.25) is 0 Å². The van der Waals surface area contributed by atoms with E-state index in [-0.39, 0.29) is 5.96 Å². The van der Waals surface area contributed by atoms with Crippen LogP contribution in [0, 0.1) is 5.41 Å². The Labute approximate surface area is 117 Å². The Morgan fingerprint density at radius 2 is 1.53 bits per heavy atom. The lowest BCUT2D eigenvalue weighted by molar-refractivity contribution is 0.602. The first-order chi connectivity index (χ1) is 7.92. The Balaban J connectivity index is 3.06. The van der Waals surface area contributed by atoms with Crippen molar-refractivity contribution in [3.63, 3.8) is 0 Å². The van der Waals surface area contributed by atoms with E-state index in [1.54, 1.807) is 0 Å². The first-order valence-electron chi connectivity index (χ1n) is 5.48. The molecule has 0 heterocycles. The average molecular weight is 321 g/mol. The van der Waals surface area contributed by atoms with Crippen LogP contribution in [0.5, 0.6) is 0 Å². The summed E-state index contributed by atoms with van der Waals surface area (Å²) in [6.07, 6.45) is 0.897. The molecule has 0 aliphatic heterocycles. The van der Waals surface area contributed by atoms with Crippen LogP contribution in [0.1, 0.15) is 6.42 Å². The number of hydrogen-bond donors (Lipinski definition) is 5. The van der Waals surface area contributed by atoms with Gasteiger partial charge in [0.1, 0.15) is 0 Å². The van der Waals surface area contributed by atoms with Gasteiger partial charge in [0.05, 0.1) is 0 Å². The first kappa shape index (κ1) is 17.3. The van der Waals surface area contributed by atoms with Gasteiger partial charge in [0.15, 0.2) is 5.96 Å². The maximum absolute atomic E-state index is 6.93. The van der Waals surface area contributed by atoms with E-state index >= 15 is 0 Å². The topological polar surface area (TPSA) is 86.0 Å². The van der Waals surface area contributed by atoms with E-state index in [4.69, 9.17) is 44.4 Å². The fourth-order valence-electron chi connectivity index (χ4n) is 1.13. The lowest BCUT2D eigenvalue weighted by Gasteiger charge is -2.09. The van der Waals surface area contributed by atoms with Crippen molar-refractivity contribution in [1.82, 2.24) is 16.0 Å². The monoisotopic (exact) mass is 319 g/mol. The average Bonchev–Trinajstić information content (AvgIpc) is 2.18. The van der Waals surface area contributed by atoms with Crippen LogP contribution in [0.2, 0.25) is 6.04 Å². The van der Waals surface area contributed by atoms with Crippen molar-refractivity contribution in [3.05, 3.63) is 0 Å². The number of guanidine groups is 1. The van der Waals surface area contributed by atoms with Crippen LogP contribution >= 0.6 is 33.2 Å². The zero-order valence-electron chi connectivity index (χ0n) is 9.66. The number of halogens is 3. The summed E-state index contributed by atoms with van der Waals surface area (Å²) in [5.74, 6) is 0.000739. The summed E-state index contributed by atoms with van der Waals surface area (Å²) in [6, 6.07) is -1.74. The number of nitrogens with one attached hydrogen (secondary N) is 4. The summed E-state index contributed by atoms with van der Waals surface area (Å²) in [5, 5.41) is 16.1.